The van der Waals surface area contributed by atoms with Crippen molar-refractivity contribution in [2.45, 2.75) is 6.92 Å². The predicted octanol–water partition coefficient (Wildman–Crippen LogP) is 1.58. The zero-order chi connectivity index (χ0) is 13.5. The number of Topliss-reactive ketones (excluding diaryl/α,β-unsaturated/α-hetero) is 1. The minimum atomic E-state index is -1.46. The van der Waals surface area contributed by atoms with E-state index in [4.69, 9.17) is 10.00 Å². The van der Waals surface area contributed by atoms with E-state index < -0.39 is 17.7 Å². The van der Waals surface area contributed by atoms with Gasteiger partial charge in [-0.3, -0.25) is 9.59 Å². The first-order chi connectivity index (χ1) is 8.65. The van der Waals surface area contributed by atoms with Crippen LogP contribution in [-0.2, 0) is 9.53 Å². The highest BCUT2D eigenvalue weighted by Crippen LogP contribution is 2.21. The molecule has 0 saturated carbocycles. The summed E-state index contributed by atoms with van der Waals surface area (Å²) >= 11 is 0. The molecule has 1 atom stereocenters. The van der Waals surface area contributed by atoms with Crippen LogP contribution in [0.4, 0.5) is 0 Å². The summed E-state index contributed by atoms with van der Waals surface area (Å²) in [5.41, 5.74) is 0.194. The van der Waals surface area contributed by atoms with Crippen LogP contribution in [0, 0.1) is 17.2 Å². The molecule has 0 heterocycles. The Kier molecular flexibility index (Phi) is 4.88. The zero-order valence-electron chi connectivity index (χ0n) is 10.2. The Hall–Kier alpha value is -2.35. The molecule has 0 N–H and O–H groups in total. The summed E-state index contributed by atoms with van der Waals surface area (Å²) in [5.74, 6) is -2.59. The number of ether oxygens (including phenoxy) is 2. The number of rotatable bonds is 5. The van der Waals surface area contributed by atoms with Gasteiger partial charge < -0.3 is 9.47 Å². The lowest BCUT2D eigenvalue weighted by Gasteiger charge is -2.10. The quantitative estimate of drug-likeness (QED) is 0.448. The van der Waals surface area contributed by atoms with Crippen molar-refractivity contribution < 1.29 is 19.1 Å². The number of nitrogens with zero attached hydrogens (tertiary/aromatic N) is 1. The van der Waals surface area contributed by atoms with E-state index in [1.807, 2.05) is 0 Å². The van der Waals surface area contributed by atoms with E-state index in [2.05, 4.69) is 4.74 Å². The molecule has 0 saturated heterocycles. The Bertz CT molecular complexity index is 490. The van der Waals surface area contributed by atoms with Crippen LogP contribution in [0.5, 0.6) is 5.75 Å². The van der Waals surface area contributed by atoms with Crippen LogP contribution in [-0.4, -0.2) is 25.5 Å². The number of hydrogen-bond acceptors (Lipinski definition) is 5. The largest absolute Gasteiger partial charge is 0.496 e. The van der Waals surface area contributed by atoms with Crippen molar-refractivity contribution in [2.75, 3.05) is 13.7 Å². The van der Waals surface area contributed by atoms with Gasteiger partial charge in [0, 0.05) is 0 Å². The fourth-order valence-corrected chi connectivity index (χ4v) is 1.45. The lowest BCUT2D eigenvalue weighted by molar-refractivity contribution is -0.144. The first kappa shape index (κ1) is 13.7. The first-order valence-electron chi connectivity index (χ1n) is 5.39. The van der Waals surface area contributed by atoms with Gasteiger partial charge in [0.2, 0.25) is 5.92 Å². The monoisotopic (exact) mass is 247 g/mol. The molecule has 18 heavy (non-hydrogen) atoms. The summed E-state index contributed by atoms with van der Waals surface area (Å²) in [6, 6.07) is 8.08. The van der Waals surface area contributed by atoms with E-state index in [0.29, 0.717) is 5.75 Å². The van der Waals surface area contributed by atoms with E-state index in [-0.39, 0.29) is 12.2 Å². The van der Waals surface area contributed by atoms with Gasteiger partial charge in [-0.1, -0.05) is 12.1 Å². The number of nitriles is 1. The molecule has 0 bridgehead atoms. The SMILES string of the molecule is CCOC(=O)C(C#N)C(=O)c1ccccc1OC. The van der Waals surface area contributed by atoms with Crippen molar-refractivity contribution in [3.8, 4) is 11.8 Å². The number of carbonyl (C=O) groups excluding carboxylic acids is 2. The number of methoxy groups -OCH3 is 1. The standard InChI is InChI=1S/C13H13NO4/c1-3-18-13(16)10(8-14)12(15)9-6-4-5-7-11(9)17-2/h4-7,10H,3H2,1-2H3. The van der Waals surface area contributed by atoms with Gasteiger partial charge in [0.25, 0.3) is 0 Å². The second-order valence-electron chi connectivity index (χ2n) is 3.38. The third-order valence-corrected chi connectivity index (χ3v) is 2.29. The van der Waals surface area contributed by atoms with E-state index in [1.54, 1.807) is 31.2 Å². The molecule has 1 rings (SSSR count). The van der Waals surface area contributed by atoms with Crippen LogP contribution in [0.2, 0.25) is 0 Å². The van der Waals surface area contributed by atoms with E-state index in [0.717, 1.165) is 0 Å². The van der Waals surface area contributed by atoms with Crippen LogP contribution in [0.15, 0.2) is 24.3 Å². The van der Waals surface area contributed by atoms with Crippen LogP contribution >= 0.6 is 0 Å². The second-order valence-corrected chi connectivity index (χ2v) is 3.38. The minimum absolute atomic E-state index is 0.121. The van der Waals surface area contributed by atoms with Crippen LogP contribution in [0.25, 0.3) is 0 Å². The van der Waals surface area contributed by atoms with Crippen LogP contribution in [0.3, 0.4) is 0 Å². The lowest BCUT2D eigenvalue weighted by atomic mass is 9.98. The number of carbonyl (C=O) groups is 2. The zero-order valence-corrected chi connectivity index (χ0v) is 10.2. The van der Waals surface area contributed by atoms with E-state index in [9.17, 15) is 9.59 Å². The van der Waals surface area contributed by atoms with Gasteiger partial charge in [0.05, 0.1) is 25.3 Å². The number of para-hydroxylation sites is 1. The molecule has 0 spiro atoms. The maximum absolute atomic E-state index is 12.1. The minimum Gasteiger partial charge on any atom is -0.496 e. The Balaban J connectivity index is 3.05. The fourth-order valence-electron chi connectivity index (χ4n) is 1.45. The van der Waals surface area contributed by atoms with Crippen molar-refractivity contribution in [3.05, 3.63) is 29.8 Å². The van der Waals surface area contributed by atoms with Crippen molar-refractivity contribution in [2.24, 2.45) is 5.92 Å². The molecular weight excluding hydrogens is 234 g/mol. The van der Waals surface area contributed by atoms with Crippen LogP contribution in [0.1, 0.15) is 17.3 Å². The summed E-state index contributed by atoms with van der Waals surface area (Å²) < 4.78 is 9.71. The highest BCUT2D eigenvalue weighted by atomic mass is 16.5. The normalized spacial score (nSPS) is 11.2. The molecule has 0 fully saturated rings. The summed E-state index contributed by atoms with van der Waals surface area (Å²) in [5, 5.41) is 8.91. The summed E-state index contributed by atoms with van der Waals surface area (Å²) in [6.07, 6.45) is 0. The van der Waals surface area contributed by atoms with Gasteiger partial charge in [-0.25, -0.2) is 0 Å². The maximum atomic E-state index is 12.1. The van der Waals surface area contributed by atoms with Crippen molar-refractivity contribution in [1.82, 2.24) is 0 Å². The summed E-state index contributed by atoms with van der Waals surface area (Å²) in [7, 11) is 1.41. The molecule has 5 nitrogen and oxygen atoms in total. The number of ketones is 1. The molecule has 0 amide bonds. The molecule has 5 heteroatoms. The molecule has 1 unspecified atom stereocenters. The van der Waals surface area contributed by atoms with E-state index >= 15 is 0 Å². The van der Waals surface area contributed by atoms with Crippen LogP contribution < -0.4 is 4.74 Å². The highest BCUT2D eigenvalue weighted by Gasteiger charge is 2.30. The molecule has 0 aliphatic carbocycles. The molecule has 94 valence electrons. The van der Waals surface area contributed by atoms with Crippen molar-refractivity contribution in [1.29, 1.82) is 5.26 Å². The predicted molar refractivity (Wildman–Crippen MR) is 63.1 cm³/mol. The summed E-state index contributed by atoms with van der Waals surface area (Å²) in [4.78, 5) is 23.6. The average Bonchev–Trinajstić information content (AvgIpc) is 2.39. The fraction of sp³-hybridized carbons (Fsp3) is 0.308. The van der Waals surface area contributed by atoms with Crippen molar-refractivity contribution in [3.63, 3.8) is 0 Å². The van der Waals surface area contributed by atoms with Gasteiger partial charge in [0.1, 0.15) is 5.75 Å². The molecule has 0 aliphatic rings. The average molecular weight is 247 g/mol. The maximum Gasteiger partial charge on any atom is 0.331 e. The smallest absolute Gasteiger partial charge is 0.331 e. The summed E-state index contributed by atoms with van der Waals surface area (Å²) in [6.45, 7) is 1.73. The van der Waals surface area contributed by atoms with Gasteiger partial charge in [-0.05, 0) is 19.1 Å². The molecule has 1 aromatic carbocycles. The van der Waals surface area contributed by atoms with Gasteiger partial charge >= 0.3 is 5.97 Å². The third kappa shape index (κ3) is 2.86. The van der Waals surface area contributed by atoms with Crippen molar-refractivity contribution >= 4 is 11.8 Å². The molecule has 0 aromatic heterocycles. The molecule has 0 aliphatic heterocycles. The number of esters is 1. The van der Waals surface area contributed by atoms with Gasteiger partial charge in [-0.15, -0.1) is 0 Å². The topological polar surface area (TPSA) is 76.4 Å². The van der Waals surface area contributed by atoms with Gasteiger partial charge in [-0.2, -0.15) is 5.26 Å². The number of benzene rings is 1. The van der Waals surface area contributed by atoms with E-state index in [1.165, 1.54) is 13.2 Å². The molecule has 1 aromatic rings. The Labute approximate surface area is 105 Å². The molecule has 0 radical (unpaired) electrons. The molecular formula is C13H13NO4. The third-order valence-electron chi connectivity index (χ3n) is 2.29. The number of hydrogen-bond donors (Lipinski definition) is 0. The first-order valence-corrected chi connectivity index (χ1v) is 5.39. The Morgan fingerprint density at radius 3 is 2.61 bits per heavy atom. The highest BCUT2D eigenvalue weighted by molar-refractivity contribution is 6.12. The Morgan fingerprint density at radius 1 is 1.39 bits per heavy atom. The Morgan fingerprint density at radius 2 is 2.06 bits per heavy atom. The lowest BCUT2D eigenvalue weighted by Crippen LogP contribution is -2.25. The van der Waals surface area contributed by atoms with Gasteiger partial charge in [0.15, 0.2) is 5.78 Å². The second kappa shape index (κ2) is 6.40.